The largest absolute Gasteiger partial charge is 0.349 e. The van der Waals surface area contributed by atoms with Gasteiger partial charge in [0.25, 0.3) is 5.91 Å². The van der Waals surface area contributed by atoms with Crippen molar-refractivity contribution < 1.29 is 4.79 Å². The summed E-state index contributed by atoms with van der Waals surface area (Å²) in [6.45, 7) is 3.32. The molecular weight excluding hydrogens is 290 g/mol. The van der Waals surface area contributed by atoms with Crippen LogP contribution in [-0.2, 0) is 6.54 Å². The second-order valence-corrected chi connectivity index (χ2v) is 5.53. The van der Waals surface area contributed by atoms with Gasteiger partial charge in [-0.3, -0.25) is 9.48 Å². The third-order valence-corrected chi connectivity index (χ3v) is 3.85. The van der Waals surface area contributed by atoms with Crippen molar-refractivity contribution in [3.8, 4) is 22.8 Å². The molecule has 23 heavy (non-hydrogen) atoms. The van der Waals surface area contributed by atoms with Gasteiger partial charge in [0.15, 0.2) is 5.82 Å². The molecule has 114 valence electrons. The number of aromatic nitrogens is 4. The van der Waals surface area contributed by atoms with E-state index in [9.17, 15) is 4.79 Å². The number of carbonyl (C=O) groups is 1. The average Bonchev–Trinajstić information content (AvgIpc) is 3.01. The first-order valence-electron chi connectivity index (χ1n) is 7.47. The van der Waals surface area contributed by atoms with E-state index in [2.05, 4.69) is 20.4 Å². The first kappa shape index (κ1) is 13.6. The monoisotopic (exact) mass is 305 g/mol. The molecule has 0 atom stereocenters. The Labute approximate surface area is 133 Å². The minimum Gasteiger partial charge on any atom is -0.349 e. The molecule has 0 fully saturated rings. The van der Waals surface area contributed by atoms with Crippen molar-refractivity contribution >= 4 is 5.91 Å². The molecule has 3 aromatic rings. The van der Waals surface area contributed by atoms with Crippen molar-refractivity contribution in [1.29, 1.82) is 0 Å². The van der Waals surface area contributed by atoms with Crippen LogP contribution >= 0.6 is 0 Å². The van der Waals surface area contributed by atoms with E-state index >= 15 is 0 Å². The highest BCUT2D eigenvalue weighted by Gasteiger charge is 2.20. The molecule has 0 radical (unpaired) electrons. The third-order valence-electron chi connectivity index (χ3n) is 3.85. The number of benzene rings is 1. The standard InChI is InChI=1S/C17H15N5O/c1-11-2-4-12(5-3-11)16-18-7-6-13(20-16)14-10-15-17(23)19-8-9-22(15)21-14/h2-7,10H,8-9H2,1H3,(H,19,23). The van der Waals surface area contributed by atoms with Crippen LogP contribution in [0, 0.1) is 6.92 Å². The number of carbonyl (C=O) groups excluding carboxylic acids is 1. The normalized spacial score (nSPS) is 13.5. The van der Waals surface area contributed by atoms with E-state index in [1.165, 1.54) is 5.56 Å². The van der Waals surface area contributed by atoms with Crippen LogP contribution in [0.15, 0.2) is 42.6 Å². The van der Waals surface area contributed by atoms with Crippen LogP contribution in [-0.4, -0.2) is 32.2 Å². The van der Waals surface area contributed by atoms with Crippen molar-refractivity contribution in [3.05, 3.63) is 53.9 Å². The number of hydrogen-bond donors (Lipinski definition) is 1. The predicted octanol–water partition coefficient (Wildman–Crippen LogP) is 2.06. The molecule has 4 rings (SSSR count). The van der Waals surface area contributed by atoms with Crippen LogP contribution in [0.4, 0.5) is 0 Å². The number of nitrogens with one attached hydrogen (secondary N) is 1. The molecule has 1 N–H and O–H groups in total. The molecular formula is C17H15N5O. The van der Waals surface area contributed by atoms with Crippen LogP contribution in [0.1, 0.15) is 16.1 Å². The molecule has 6 nitrogen and oxygen atoms in total. The number of fused-ring (bicyclic) bond motifs is 1. The topological polar surface area (TPSA) is 72.7 Å². The highest BCUT2D eigenvalue weighted by molar-refractivity contribution is 5.94. The fourth-order valence-electron chi connectivity index (χ4n) is 2.60. The zero-order chi connectivity index (χ0) is 15.8. The van der Waals surface area contributed by atoms with E-state index in [1.54, 1.807) is 16.9 Å². The van der Waals surface area contributed by atoms with Gasteiger partial charge in [0, 0.05) is 18.3 Å². The van der Waals surface area contributed by atoms with Crippen molar-refractivity contribution in [2.75, 3.05) is 6.54 Å². The summed E-state index contributed by atoms with van der Waals surface area (Å²) in [7, 11) is 0. The molecule has 1 aromatic carbocycles. The lowest BCUT2D eigenvalue weighted by atomic mass is 10.1. The number of rotatable bonds is 2. The predicted molar refractivity (Wildman–Crippen MR) is 85.8 cm³/mol. The van der Waals surface area contributed by atoms with Gasteiger partial charge in [-0.1, -0.05) is 29.8 Å². The van der Waals surface area contributed by atoms with Crippen molar-refractivity contribution in [3.63, 3.8) is 0 Å². The van der Waals surface area contributed by atoms with Crippen LogP contribution < -0.4 is 5.32 Å². The summed E-state index contributed by atoms with van der Waals surface area (Å²) in [5, 5.41) is 7.30. The Balaban J connectivity index is 1.74. The summed E-state index contributed by atoms with van der Waals surface area (Å²) >= 11 is 0. The van der Waals surface area contributed by atoms with Gasteiger partial charge >= 0.3 is 0 Å². The Hall–Kier alpha value is -3.02. The zero-order valence-corrected chi connectivity index (χ0v) is 12.7. The summed E-state index contributed by atoms with van der Waals surface area (Å²) in [5.74, 6) is 0.556. The minimum atomic E-state index is -0.0946. The molecule has 1 aliphatic rings. The lowest BCUT2D eigenvalue weighted by molar-refractivity contribution is 0.0924. The number of amides is 1. The Morgan fingerprint density at radius 2 is 1.96 bits per heavy atom. The highest BCUT2D eigenvalue weighted by atomic mass is 16.2. The Bertz CT molecular complexity index is 882. The molecule has 0 saturated carbocycles. The van der Waals surface area contributed by atoms with Gasteiger partial charge in [-0.15, -0.1) is 0 Å². The average molecular weight is 305 g/mol. The summed E-state index contributed by atoms with van der Waals surface area (Å²) in [6, 6.07) is 11.6. The van der Waals surface area contributed by atoms with Gasteiger partial charge in [0.1, 0.15) is 11.4 Å². The second-order valence-electron chi connectivity index (χ2n) is 5.53. The summed E-state index contributed by atoms with van der Waals surface area (Å²) in [6.07, 6.45) is 1.72. The zero-order valence-electron chi connectivity index (χ0n) is 12.7. The first-order chi connectivity index (χ1) is 11.2. The van der Waals surface area contributed by atoms with Gasteiger partial charge in [0.05, 0.1) is 12.2 Å². The van der Waals surface area contributed by atoms with Crippen molar-refractivity contribution in [1.82, 2.24) is 25.1 Å². The third kappa shape index (κ3) is 2.48. The second kappa shape index (κ2) is 5.31. The fraction of sp³-hybridized carbons (Fsp3) is 0.176. The van der Waals surface area contributed by atoms with E-state index < -0.39 is 0 Å². The molecule has 0 aliphatic carbocycles. The van der Waals surface area contributed by atoms with Crippen molar-refractivity contribution in [2.45, 2.75) is 13.5 Å². The maximum absolute atomic E-state index is 11.8. The fourth-order valence-corrected chi connectivity index (χ4v) is 2.60. The lowest BCUT2D eigenvalue weighted by Crippen LogP contribution is -2.35. The van der Waals surface area contributed by atoms with Gasteiger partial charge in [-0.25, -0.2) is 9.97 Å². The SMILES string of the molecule is Cc1ccc(-c2nccc(-c3cc4n(n3)CCNC4=O)n2)cc1. The smallest absolute Gasteiger partial charge is 0.269 e. The molecule has 0 saturated heterocycles. The molecule has 0 spiro atoms. The van der Waals surface area contributed by atoms with E-state index in [0.717, 1.165) is 5.56 Å². The molecule has 0 bridgehead atoms. The summed E-state index contributed by atoms with van der Waals surface area (Å²) < 4.78 is 1.72. The van der Waals surface area contributed by atoms with Crippen LogP contribution in [0.2, 0.25) is 0 Å². The number of nitrogens with zero attached hydrogens (tertiary/aromatic N) is 4. The van der Waals surface area contributed by atoms with E-state index in [4.69, 9.17) is 0 Å². The lowest BCUT2D eigenvalue weighted by Gasteiger charge is -2.13. The van der Waals surface area contributed by atoms with Crippen LogP contribution in [0.25, 0.3) is 22.8 Å². The maximum Gasteiger partial charge on any atom is 0.269 e. The van der Waals surface area contributed by atoms with Gasteiger partial charge in [0.2, 0.25) is 0 Å². The Kier molecular flexibility index (Phi) is 3.15. The van der Waals surface area contributed by atoms with Crippen molar-refractivity contribution in [2.24, 2.45) is 0 Å². The molecule has 2 aromatic heterocycles. The highest BCUT2D eigenvalue weighted by Crippen LogP contribution is 2.21. The van der Waals surface area contributed by atoms with Gasteiger partial charge in [-0.05, 0) is 19.1 Å². The minimum absolute atomic E-state index is 0.0946. The summed E-state index contributed by atoms with van der Waals surface area (Å²) in [5.41, 5.74) is 4.12. The molecule has 6 heteroatoms. The molecule has 3 heterocycles. The summed E-state index contributed by atoms with van der Waals surface area (Å²) in [4.78, 5) is 20.8. The Morgan fingerprint density at radius 1 is 1.13 bits per heavy atom. The first-order valence-corrected chi connectivity index (χ1v) is 7.47. The van der Waals surface area contributed by atoms with E-state index in [-0.39, 0.29) is 5.91 Å². The molecule has 1 amide bonds. The van der Waals surface area contributed by atoms with E-state index in [0.29, 0.717) is 36.0 Å². The maximum atomic E-state index is 11.8. The number of hydrogen-bond acceptors (Lipinski definition) is 4. The molecule has 1 aliphatic heterocycles. The quantitative estimate of drug-likeness (QED) is 0.786. The van der Waals surface area contributed by atoms with E-state index in [1.807, 2.05) is 37.3 Å². The van der Waals surface area contributed by atoms with Crippen LogP contribution in [0.3, 0.4) is 0 Å². The molecule has 0 unspecified atom stereocenters. The van der Waals surface area contributed by atoms with Gasteiger partial charge < -0.3 is 5.32 Å². The number of aryl methyl sites for hydroxylation is 1. The van der Waals surface area contributed by atoms with Gasteiger partial charge in [-0.2, -0.15) is 5.10 Å². The van der Waals surface area contributed by atoms with Crippen LogP contribution in [0.5, 0.6) is 0 Å². The Morgan fingerprint density at radius 3 is 2.74 bits per heavy atom.